The molecule has 0 aliphatic rings. The van der Waals surface area contributed by atoms with E-state index in [1.807, 2.05) is 31.2 Å². The van der Waals surface area contributed by atoms with Crippen molar-refractivity contribution in [1.82, 2.24) is 15.0 Å². The number of hydrogen-bond acceptors (Lipinski definition) is 5. The van der Waals surface area contributed by atoms with E-state index in [0.29, 0.717) is 27.6 Å². The summed E-state index contributed by atoms with van der Waals surface area (Å²) in [5.41, 5.74) is 6.16. The fourth-order valence-electron chi connectivity index (χ4n) is 3.42. The van der Waals surface area contributed by atoms with Gasteiger partial charge in [0.25, 0.3) is 5.91 Å². The summed E-state index contributed by atoms with van der Waals surface area (Å²) >= 11 is 9.54. The molecular formula is C24H20BrClN4O3S. The summed E-state index contributed by atoms with van der Waals surface area (Å²) in [6, 6.07) is 19.2. The highest BCUT2D eigenvalue weighted by Gasteiger charge is 2.17. The minimum atomic E-state index is -3.33. The normalized spacial score (nSPS) is 12.2. The number of hydrazone groups is 1. The smallest absolute Gasteiger partial charge is 0.260 e. The molecule has 7 nitrogen and oxygen atoms in total. The first-order valence-electron chi connectivity index (χ1n) is 10.2. The van der Waals surface area contributed by atoms with E-state index >= 15 is 0 Å². The molecule has 0 radical (unpaired) electrons. The third-order valence-electron chi connectivity index (χ3n) is 5.16. The van der Waals surface area contributed by atoms with Gasteiger partial charge in [0.05, 0.1) is 21.6 Å². The second kappa shape index (κ2) is 9.69. The lowest BCUT2D eigenvalue weighted by Gasteiger charge is -2.10. The minimum absolute atomic E-state index is 0.0432. The average Bonchev–Trinajstić information content (AvgIpc) is 3.14. The topological polar surface area (TPSA) is 93.4 Å². The van der Waals surface area contributed by atoms with Gasteiger partial charge in [-0.3, -0.25) is 4.79 Å². The van der Waals surface area contributed by atoms with E-state index in [0.717, 1.165) is 21.8 Å². The molecule has 0 fully saturated rings. The van der Waals surface area contributed by atoms with Crippen LogP contribution < -0.4 is 5.43 Å². The first-order valence-corrected chi connectivity index (χ1v) is 13.2. The first-order chi connectivity index (χ1) is 16.1. The van der Waals surface area contributed by atoms with E-state index in [1.165, 1.54) is 12.1 Å². The van der Waals surface area contributed by atoms with E-state index in [4.69, 9.17) is 11.6 Å². The third kappa shape index (κ3) is 5.38. The van der Waals surface area contributed by atoms with Gasteiger partial charge in [-0.05, 0) is 67.1 Å². The Bertz CT molecular complexity index is 1510. The molecule has 1 heterocycles. The zero-order chi connectivity index (χ0) is 24.5. The highest BCUT2D eigenvalue weighted by Crippen LogP contribution is 2.27. The minimum Gasteiger partial charge on any atom is -0.314 e. The molecule has 0 saturated carbocycles. The van der Waals surface area contributed by atoms with Gasteiger partial charge in [0.1, 0.15) is 12.4 Å². The van der Waals surface area contributed by atoms with Crippen molar-refractivity contribution in [2.45, 2.75) is 18.4 Å². The maximum absolute atomic E-state index is 12.8. The molecule has 10 heteroatoms. The van der Waals surface area contributed by atoms with Crippen LogP contribution in [0, 0.1) is 0 Å². The van der Waals surface area contributed by atoms with E-state index in [1.54, 1.807) is 34.9 Å². The van der Waals surface area contributed by atoms with Crippen LogP contribution in [0.2, 0.25) is 5.02 Å². The lowest BCUT2D eigenvalue weighted by molar-refractivity contribution is -0.121. The molecule has 0 spiro atoms. The number of rotatable bonds is 6. The maximum atomic E-state index is 12.8. The van der Waals surface area contributed by atoms with Gasteiger partial charge < -0.3 is 4.57 Å². The molecule has 0 aliphatic heterocycles. The molecular weight excluding hydrogens is 540 g/mol. The van der Waals surface area contributed by atoms with Crippen molar-refractivity contribution in [2.75, 3.05) is 6.26 Å². The van der Waals surface area contributed by atoms with Crippen LogP contribution in [0.25, 0.3) is 22.4 Å². The highest BCUT2D eigenvalue weighted by molar-refractivity contribution is 9.10. The number of fused-ring (bicyclic) bond motifs is 1. The van der Waals surface area contributed by atoms with Crippen LogP contribution in [0.4, 0.5) is 0 Å². The predicted molar refractivity (Wildman–Crippen MR) is 138 cm³/mol. The zero-order valence-corrected chi connectivity index (χ0v) is 21.4. The van der Waals surface area contributed by atoms with Crippen molar-refractivity contribution < 1.29 is 13.2 Å². The SMILES string of the molecule is C/C(=N/NC(=O)Cn1c(-c2ccc(S(C)(=O)=O)cc2)nc2cc(Cl)ccc21)c1ccc(Br)cc1. The molecule has 4 aromatic rings. The van der Waals surface area contributed by atoms with Crippen molar-refractivity contribution in [3.8, 4) is 11.4 Å². The number of hydrogen-bond donors (Lipinski definition) is 1. The zero-order valence-electron chi connectivity index (χ0n) is 18.3. The molecule has 3 aromatic carbocycles. The van der Waals surface area contributed by atoms with Crippen molar-refractivity contribution in [2.24, 2.45) is 5.10 Å². The summed E-state index contributed by atoms with van der Waals surface area (Å²) in [7, 11) is -3.33. The molecule has 1 N–H and O–H groups in total. The summed E-state index contributed by atoms with van der Waals surface area (Å²) < 4.78 is 26.3. The number of nitrogens with one attached hydrogen (secondary N) is 1. The summed E-state index contributed by atoms with van der Waals surface area (Å²) in [5.74, 6) is 0.181. The number of imidazole rings is 1. The second-order valence-electron chi connectivity index (χ2n) is 7.69. The Labute approximate surface area is 210 Å². The van der Waals surface area contributed by atoms with Crippen LogP contribution in [0.1, 0.15) is 12.5 Å². The number of sulfone groups is 1. The summed E-state index contributed by atoms with van der Waals surface area (Å²) in [6.07, 6.45) is 1.15. The molecule has 0 aliphatic carbocycles. The van der Waals surface area contributed by atoms with Gasteiger partial charge in [-0.25, -0.2) is 18.8 Å². The molecule has 174 valence electrons. The van der Waals surface area contributed by atoms with E-state index in [9.17, 15) is 13.2 Å². The molecule has 1 amide bonds. The Balaban J connectivity index is 1.65. The van der Waals surface area contributed by atoms with Crippen molar-refractivity contribution in [3.63, 3.8) is 0 Å². The summed E-state index contributed by atoms with van der Waals surface area (Å²) in [4.78, 5) is 17.7. The fourth-order valence-corrected chi connectivity index (χ4v) is 4.48. The van der Waals surface area contributed by atoms with Gasteiger partial charge in [0.15, 0.2) is 9.84 Å². The standard InChI is InChI=1S/C24H20BrClN4O3S/c1-15(16-3-7-18(25)8-4-16)28-29-23(31)14-30-22-12-9-19(26)13-21(22)27-24(30)17-5-10-20(11-6-17)34(2,32)33/h3-13H,14H2,1-2H3,(H,29,31)/b28-15-. The number of carbonyl (C=O) groups is 1. The molecule has 0 saturated heterocycles. The second-order valence-corrected chi connectivity index (χ2v) is 11.1. The number of benzene rings is 3. The van der Waals surface area contributed by atoms with Crippen LogP contribution in [-0.4, -0.2) is 35.8 Å². The largest absolute Gasteiger partial charge is 0.314 e. The Morgan fingerprint density at radius 3 is 2.41 bits per heavy atom. The fraction of sp³-hybridized carbons (Fsp3) is 0.125. The predicted octanol–water partition coefficient (Wildman–Crippen LogP) is 5.06. The van der Waals surface area contributed by atoms with Crippen LogP contribution in [0.15, 0.2) is 81.2 Å². The maximum Gasteiger partial charge on any atom is 0.260 e. The molecule has 4 rings (SSSR count). The van der Waals surface area contributed by atoms with Crippen molar-refractivity contribution in [1.29, 1.82) is 0 Å². The Hall–Kier alpha value is -3.01. The van der Waals surface area contributed by atoms with E-state index < -0.39 is 9.84 Å². The van der Waals surface area contributed by atoms with Gasteiger partial charge in [-0.1, -0.05) is 39.7 Å². The van der Waals surface area contributed by atoms with E-state index in [2.05, 4.69) is 31.4 Å². The average molecular weight is 560 g/mol. The summed E-state index contributed by atoms with van der Waals surface area (Å²) in [6.45, 7) is 1.77. The van der Waals surface area contributed by atoms with Crippen LogP contribution in [-0.2, 0) is 21.2 Å². The van der Waals surface area contributed by atoms with Gasteiger partial charge in [-0.15, -0.1) is 0 Å². The number of amides is 1. The van der Waals surface area contributed by atoms with Gasteiger partial charge in [0, 0.05) is 21.3 Å². The van der Waals surface area contributed by atoms with E-state index in [-0.39, 0.29) is 17.3 Å². The Morgan fingerprint density at radius 2 is 1.76 bits per heavy atom. The van der Waals surface area contributed by atoms with Gasteiger partial charge >= 0.3 is 0 Å². The monoisotopic (exact) mass is 558 g/mol. The van der Waals surface area contributed by atoms with Gasteiger partial charge in [0.2, 0.25) is 0 Å². The Kier molecular flexibility index (Phi) is 6.88. The lowest BCUT2D eigenvalue weighted by atomic mass is 10.1. The molecule has 34 heavy (non-hydrogen) atoms. The van der Waals surface area contributed by atoms with Crippen LogP contribution in [0.3, 0.4) is 0 Å². The molecule has 1 aromatic heterocycles. The molecule has 0 atom stereocenters. The Morgan fingerprint density at radius 1 is 1.09 bits per heavy atom. The first kappa shape index (κ1) is 24.1. The quantitative estimate of drug-likeness (QED) is 0.264. The van der Waals surface area contributed by atoms with Crippen molar-refractivity contribution >= 4 is 60.0 Å². The van der Waals surface area contributed by atoms with Crippen LogP contribution >= 0.6 is 27.5 Å². The van der Waals surface area contributed by atoms with Crippen LogP contribution in [0.5, 0.6) is 0 Å². The number of halogens is 2. The number of nitrogens with zero attached hydrogens (tertiary/aromatic N) is 3. The molecule has 0 unspecified atom stereocenters. The van der Waals surface area contributed by atoms with Gasteiger partial charge in [-0.2, -0.15) is 5.10 Å². The number of carbonyl (C=O) groups excluding carboxylic acids is 1. The summed E-state index contributed by atoms with van der Waals surface area (Å²) in [5, 5.41) is 4.74. The lowest BCUT2D eigenvalue weighted by Crippen LogP contribution is -2.24. The highest BCUT2D eigenvalue weighted by atomic mass is 79.9. The number of aromatic nitrogens is 2. The third-order valence-corrected chi connectivity index (χ3v) is 7.06. The van der Waals surface area contributed by atoms with Crippen molar-refractivity contribution in [3.05, 3.63) is 81.8 Å². The molecule has 0 bridgehead atoms.